The number of unbranched alkanes of at least 4 members (excludes halogenated alkanes) is 30. The summed E-state index contributed by atoms with van der Waals surface area (Å²) in [4.78, 5) is 38.5. The van der Waals surface area contributed by atoms with E-state index in [4.69, 9.17) is 14.6 Å². The van der Waals surface area contributed by atoms with Crippen LogP contribution in [0.5, 0.6) is 0 Å². The molecule has 0 aromatic rings. The van der Waals surface area contributed by atoms with E-state index in [-0.39, 0.29) is 18.3 Å². The smallest absolute Gasteiger partial charge is 0.303 e. The highest BCUT2D eigenvalue weighted by atomic mass is 16.5. The van der Waals surface area contributed by atoms with Crippen molar-refractivity contribution in [2.24, 2.45) is 0 Å². The Hall–Kier alpha value is -1.31. The Kier molecular flexibility index (Phi) is 48.6. The van der Waals surface area contributed by atoms with Crippen LogP contribution < -0.4 is 0 Å². The zero-order valence-corrected chi connectivity index (χ0v) is 48.8. The summed E-state index contributed by atoms with van der Waals surface area (Å²) >= 11 is 0. The van der Waals surface area contributed by atoms with Crippen molar-refractivity contribution in [1.82, 2.24) is 0 Å². The van der Waals surface area contributed by atoms with Gasteiger partial charge in [-0.2, -0.15) is 0 Å². The van der Waals surface area contributed by atoms with E-state index in [1.807, 2.05) is 0 Å². The molecule has 0 aliphatic carbocycles. The number of carboxylic acid groups (broad SMARTS) is 1. The minimum atomic E-state index is -0.686. The van der Waals surface area contributed by atoms with Crippen molar-refractivity contribution >= 4 is 17.5 Å². The number of aliphatic carboxylic acids is 1. The van der Waals surface area contributed by atoms with Crippen LogP contribution in [0.1, 0.15) is 363 Å². The number of ether oxygens (including phenoxy) is 2. The number of rotatable bonds is 58. The van der Waals surface area contributed by atoms with Gasteiger partial charge in [0.25, 0.3) is 0 Å². The van der Waals surface area contributed by atoms with E-state index >= 15 is 0 Å². The van der Waals surface area contributed by atoms with Gasteiger partial charge in [-0.05, 0) is 83.5 Å². The molecule has 7 nitrogen and oxygen atoms in total. The fourth-order valence-corrected chi connectivity index (χ4v) is 11.1. The average Bonchev–Trinajstić information content (AvgIpc) is 3.37. The first kappa shape index (κ1) is 69.7. The molecule has 0 spiro atoms. The van der Waals surface area contributed by atoms with Gasteiger partial charge in [0.15, 0.2) is 11.6 Å². The first-order valence-corrected chi connectivity index (χ1v) is 31.8. The van der Waals surface area contributed by atoms with Crippen LogP contribution in [0.4, 0.5) is 0 Å². The molecule has 0 aliphatic heterocycles. The zero-order chi connectivity index (χ0) is 52.5. The molecule has 7 heteroatoms. The number of carboxylic acids is 1. The summed E-state index contributed by atoms with van der Waals surface area (Å²) < 4.78 is 13.9. The van der Waals surface area contributed by atoms with Crippen LogP contribution in [0.15, 0.2) is 0 Å². The lowest BCUT2D eigenvalue weighted by Gasteiger charge is -2.35. The highest BCUT2D eigenvalue weighted by Gasteiger charge is 2.38. The number of carbonyl (C=O) groups excluding carboxylic acids is 2. The molecule has 0 amide bonds. The van der Waals surface area contributed by atoms with Gasteiger partial charge in [0.1, 0.15) is 11.2 Å². The lowest BCUT2D eigenvalue weighted by molar-refractivity contribution is -0.157. The molecule has 422 valence electrons. The van der Waals surface area contributed by atoms with Crippen molar-refractivity contribution in [3.8, 4) is 0 Å². The van der Waals surface area contributed by atoms with Gasteiger partial charge in [0.2, 0.25) is 0 Å². The maximum Gasteiger partial charge on any atom is 0.303 e. The lowest BCUT2D eigenvalue weighted by Crippen LogP contribution is -2.43. The molecule has 0 radical (unpaired) electrons. The van der Waals surface area contributed by atoms with Gasteiger partial charge >= 0.3 is 5.97 Å². The summed E-state index contributed by atoms with van der Waals surface area (Å²) in [5.74, 6) is -0.0334. The maximum atomic E-state index is 13.9. The number of hydrogen-bond acceptors (Lipinski definition) is 6. The molecule has 0 aromatic carbocycles. The van der Waals surface area contributed by atoms with Gasteiger partial charge < -0.3 is 19.7 Å². The van der Waals surface area contributed by atoms with Crippen LogP contribution in [0, 0.1) is 0 Å². The summed E-state index contributed by atoms with van der Waals surface area (Å²) in [7, 11) is 0. The first-order valence-electron chi connectivity index (χ1n) is 31.8. The topological polar surface area (TPSA) is 110 Å². The molecule has 0 aliphatic rings. The maximum absolute atomic E-state index is 13.9. The normalized spacial score (nSPS) is 13.5. The van der Waals surface area contributed by atoms with Crippen LogP contribution >= 0.6 is 0 Å². The molecule has 0 saturated carbocycles. The van der Waals surface area contributed by atoms with Crippen LogP contribution in [-0.4, -0.2) is 57.3 Å². The monoisotopic (exact) mass is 1000 g/mol. The van der Waals surface area contributed by atoms with Gasteiger partial charge in [-0.25, -0.2) is 0 Å². The second-order valence-electron chi connectivity index (χ2n) is 22.4. The van der Waals surface area contributed by atoms with Gasteiger partial charge in [-0.3, -0.25) is 14.4 Å². The standard InChI is InChI=1S/C64H124O7/c1-8-15-18-39-48-57(65)49-40-33-27-21-24-30-36-45-54-60(66)63(11-4,12-5)70-58(50-41-19-16-9-2)52-43-34-28-22-25-31-37-46-55-61(67)64(13-6,14-7)71-59(51-42-20-17-10-3)53-44-35-29-23-26-32-38-47-56-62(68)69/h57-59,65H,8-56H2,1-7H3,(H,68,69). The number of carbonyl (C=O) groups is 3. The Morgan fingerprint density at radius 1 is 0.324 bits per heavy atom. The summed E-state index contributed by atoms with van der Waals surface area (Å²) in [6, 6.07) is 0. The largest absolute Gasteiger partial charge is 0.481 e. The van der Waals surface area contributed by atoms with Crippen LogP contribution in [0.2, 0.25) is 0 Å². The molecule has 0 rings (SSSR count). The highest BCUT2D eigenvalue weighted by molar-refractivity contribution is 5.87. The minimum Gasteiger partial charge on any atom is -0.481 e. The Balaban J connectivity index is 4.74. The molecule has 2 N–H and O–H groups in total. The van der Waals surface area contributed by atoms with E-state index < -0.39 is 17.2 Å². The molecule has 0 saturated heterocycles. The fraction of sp³-hybridized carbons (Fsp3) is 0.953. The summed E-state index contributed by atoms with van der Waals surface area (Å²) in [6.45, 7) is 15.4. The number of aliphatic hydroxyl groups is 1. The third-order valence-corrected chi connectivity index (χ3v) is 16.3. The quantitative estimate of drug-likeness (QED) is 0.0584. The fourth-order valence-electron chi connectivity index (χ4n) is 11.1. The van der Waals surface area contributed by atoms with E-state index in [9.17, 15) is 19.5 Å². The van der Waals surface area contributed by atoms with Gasteiger partial charge in [0, 0.05) is 19.3 Å². The molecule has 0 aromatic heterocycles. The van der Waals surface area contributed by atoms with Crippen molar-refractivity contribution in [3.05, 3.63) is 0 Å². The molecule has 0 fully saturated rings. The number of Topliss-reactive ketones (excluding diaryl/α,β-unsaturated/α-hetero) is 2. The van der Waals surface area contributed by atoms with Crippen LogP contribution in [0.3, 0.4) is 0 Å². The summed E-state index contributed by atoms with van der Waals surface area (Å²) in [5, 5.41) is 19.1. The van der Waals surface area contributed by atoms with Gasteiger partial charge in [-0.1, -0.05) is 260 Å². The molecule has 3 atom stereocenters. The molecular weight excluding hydrogens is 881 g/mol. The lowest BCUT2D eigenvalue weighted by atomic mass is 9.87. The Morgan fingerprint density at radius 3 is 0.803 bits per heavy atom. The Bertz CT molecular complexity index is 1180. The second-order valence-corrected chi connectivity index (χ2v) is 22.4. The average molecular weight is 1010 g/mol. The van der Waals surface area contributed by atoms with E-state index in [1.54, 1.807) is 0 Å². The summed E-state index contributed by atoms with van der Waals surface area (Å²) in [6.07, 6.45) is 53.5. The zero-order valence-electron chi connectivity index (χ0n) is 48.8. The van der Waals surface area contributed by atoms with E-state index in [0.29, 0.717) is 30.8 Å². The second kappa shape index (κ2) is 49.6. The van der Waals surface area contributed by atoms with Crippen LogP contribution in [-0.2, 0) is 23.9 Å². The third kappa shape index (κ3) is 38.0. The summed E-state index contributed by atoms with van der Waals surface area (Å²) in [5.41, 5.74) is -1.29. The Labute approximate surface area is 442 Å². The molecular formula is C64H124O7. The molecule has 0 bridgehead atoms. The Morgan fingerprint density at radius 2 is 0.549 bits per heavy atom. The van der Waals surface area contributed by atoms with Crippen molar-refractivity contribution in [2.45, 2.75) is 393 Å². The van der Waals surface area contributed by atoms with Crippen molar-refractivity contribution in [3.63, 3.8) is 0 Å². The predicted molar refractivity (Wildman–Crippen MR) is 305 cm³/mol. The first-order chi connectivity index (χ1) is 34.5. The molecule has 71 heavy (non-hydrogen) atoms. The van der Waals surface area contributed by atoms with Crippen LogP contribution in [0.25, 0.3) is 0 Å². The van der Waals surface area contributed by atoms with Crippen molar-refractivity contribution < 1.29 is 34.1 Å². The van der Waals surface area contributed by atoms with Gasteiger partial charge in [0.05, 0.1) is 18.3 Å². The molecule has 0 heterocycles. The predicted octanol–water partition coefficient (Wildman–Crippen LogP) is 20.1. The third-order valence-electron chi connectivity index (χ3n) is 16.3. The van der Waals surface area contributed by atoms with Crippen molar-refractivity contribution in [2.75, 3.05) is 0 Å². The van der Waals surface area contributed by atoms with Crippen molar-refractivity contribution in [1.29, 1.82) is 0 Å². The van der Waals surface area contributed by atoms with Gasteiger partial charge in [-0.15, -0.1) is 0 Å². The molecule has 3 unspecified atom stereocenters. The van der Waals surface area contributed by atoms with E-state index in [0.717, 1.165) is 128 Å². The highest BCUT2D eigenvalue weighted by Crippen LogP contribution is 2.32. The SMILES string of the molecule is CCCCCCC(O)CCCCCCCCCCC(=O)C(CC)(CC)OC(CCCCCC)CCCCCCCCCCC(=O)C(CC)(CC)OC(CCCCCC)CCCCCCCCCCC(=O)O. The number of ketones is 2. The minimum absolute atomic E-state index is 0.106. The number of aliphatic hydroxyl groups excluding tert-OH is 1. The number of hydrogen-bond donors (Lipinski definition) is 2. The van der Waals surface area contributed by atoms with E-state index in [1.165, 1.54) is 167 Å². The van der Waals surface area contributed by atoms with E-state index in [2.05, 4.69) is 48.5 Å².